The molecule has 3 nitrogen and oxygen atoms in total. The number of ketones is 1. The van der Waals surface area contributed by atoms with E-state index >= 15 is 0 Å². The van der Waals surface area contributed by atoms with Crippen molar-refractivity contribution in [3.05, 3.63) is 59.4 Å². The molecule has 3 rings (SSSR count). The highest BCUT2D eigenvalue weighted by Gasteiger charge is 2.24. The van der Waals surface area contributed by atoms with Gasteiger partial charge in [-0.15, -0.1) is 0 Å². The number of hydrogen-bond donors (Lipinski definition) is 0. The van der Waals surface area contributed by atoms with E-state index in [-0.39, 0.29) is 0 Å². The topological polar surface area (TPSA) is 39.2 Å². The molecule has 3 heteroatoms. The molecule has 1 saturated carbocycles. The number of ether oxygens (including phenoxy) is 1. The summed E-state index contributed by atoms with van der Waals surface area (Å²) in [6, 6.07) is 12.0. The Morgan fingerprint density at radius 2 is 2.00 bits per heavy atom. The molecule has 1 heterocycles. The zero-order valence-corrected chi connectivity index (χ0v) is 13.6. The van der Waals surface area contributed by atoms with Gasteiger partial charge in [-0.05, 0) is 43.7 Å². The second kappa shape index (κ2) is 7.40. The van der Waals surface area contributed by atoms with Crippen molar-refractivity contribution >= 4 is 5.78 Å². The summed E-state index contributed by atoms with van der Waals surface area (Å²) in [7, 11) is 0. The number of carbonyl (C=O) groups excluding carboxylic acids is 1. The number of aromatic nitrogens is 1. The molecule has 0 spiro atoms. The minimum atomic E-state index is 0.365. The first-order valence-corrected chi connectivity index (χ1v) is 8.35. The molecule has 1 aliphatic rings. The molecule has 0 aliphatic heterocycles. The van der Waals surface area contributed by atoms with E-state index in [0.717, 1.165) is 29.0 Å². The molecule has 0 amide bonds. The smallest absolute Gasteiger partial charge is 0.133 e. The Morgan fingerprint density at radius 3 is 2.74 bits per heavy atom. The summed E-state index contributed by atoms with van der Waals surface area (Å²) in [4.78, 5) is 16.3. The molecule has 0 saturated heterocycles. The molecule has 0 bridgehead atoms. The molecule has 1 aromatic carbocycles. The van der Waals surface area contributed by atoms with Gasteiger partial charge >= 0.3 is 0 Å². The van der Waals surface area contributed by atoms with E-state index in [9.17, 15) is 4.79 Å². The van der Waals surface area contributed by atoms with Gasteiger partial charge in [-0.2, -0.15) is 0 Å². The van der Waals surface area contributed by atoms with Crippen LogP contribution in [-0.2, 0) is 17.8 Å². The lowest BCUT2D eigenvalue weighted by atomic mass is 10.0. The monoisotopic (exact) mass is 309 g/mol. The average Bonchev–Trinajstić information content (AvgIpc) is 3.37. The summed E-state index contributed by atoms with van der Waals surface area (Å²) in [6.45, 7) is 2.57. The van der Waals surface area contributed by atoms with Crippen LogP contribution in [0.3, 0.4) is 0 Å². The van der Waals surface area contributed by atoms with Crippen molar-refractivity contribution in [2.24, 2.45) is 5.92 Å². The first-order valence-electron chi connectivity index (χ1n) is 8.35. The Kier molecular flexibility index (Phi) is 5.06. The van der Waals surface area contributed by atoms with Crippen LogP contribution in [0.15, 0.2) is 42.6 Å². The predicted molar refractivity (Wildman–Crippen MR) is 90.4 cm³/mol. The quantitative estimate of drug-likeness (QED) is 0.731. The van der Waals surface area contributed by atoms with Crippen LogP contribution in [0.1, 0.15) is 42.5 Å². The molecule has 0 N–H and O–H groups in total. The standard InChI is InChI=1S/C20H23NO2/c1-15-19(10-9-18(22)13-16-7-8-16)21-12-11-20(15)23-14-17-5-3-2-4-6-17/h2-6,11-12,16H,7-10,13-14H2,1H3. The van der Waals surface area contributed by atoms with Crippen molar-refractivity contribution in [3.8, 4) is 5.75 Å². The highest BCUT2D eigenvalue weighted by Crippen LogP contribution is 2.33. The third kappa shape index (κ3) is 4.65. The Hall–Kier alpha value is -2.16. The molecule has 0 radical (unpaired) electrons. The van der Waals surface area contributed by atoms with E-state index in [2.05, 4.69) is 4.98 Å². The molecule has 1 aromatic heterocycles. The minimum absolute atomic E-state index is 0.365. The van der Waals surface area contributed by atoms with Crippen LogP contribution in [0.4, 0.5) is 0 Å². The highest BCUT2D eigenvalue weighted by atomic mass is 16.5. The fourth-order valence-corrected chi connectivity index (χ4v) is 2.71. The predicted octanol–water partition coefficient (Wildman–Crippen LogP) is 4.27. The second-order valence-corrected chi connectivity index (χ2v) is 6.34. The van der Waals surface area contributed by atoms with E-state index in [4.69, 9.17) is 4.74 Å². The number of hydrogen-bond acceptors (Lipinski definition) is 3. The molecule has 2 aromatic rings. The fourth-order valence-electron chi connectivity index (χ4n) is 2.71. The fraction of sp³-hybridized carbons (Fsp3) is 0.400. The summed E-state index contributed by atoms with van der Waals surface area (Å²) < 4.78 is 5.92. The normalized spacial score (nSPS) is 13.8. The lowest BCUT2D eigenvalue weighted by molar-refractivity contribution is -0.119. The van der Waals surface area contributed by atoms with Crippen molar-refractivity contribution in [1.29, 1.82) is 0 Å². The van der Waals surface area contributed by atoms with Crippen LogP contribution in [0, 0.1) is 12.8 Å². The van der Waals surface area contributed by atoms with Crippen LogP contribution >= 0.6 is 0 Å². The van der Waals surface area contributed by atoms with Crippen molar-refractivity contribution in [2.75, 3.05) is 0 Å². The Morgan fingerprint density at radius 1 is 1.22 bits per heavy atom. The number of nitrogens with zero attached hydrogens (tertiary/aromatic N) is 1. The van der Waals surface area contributed by atoms with Gasteiger partial charge in [0.15, 0.2) is 0 Å². The Bertz CT molecular complexity index is 663. The Balaban J connectivity index is 1.57. The third-order valence-electron chi connectivity index (χ3n) is 4.35. The van der Waals surface area contributed by atoms with Crippen LogP contribution < -0.4 is 4.74 Å². The molecule has 0 unspecified atom stereocenters. The maximum atomic E-state index is 11.9. The summed E-state index contributed by atoms with van der Waals surface area (Å²) in [5.74, 6) is 1.88. The van der Waals surface area contributed by atoms with Gasteiger partial charge in [0.2, 0.25) is 0 Å². The van der Waals surface area contributed by atoms with Crippen LogP contribution in [0.25, 0.3) is 0 Å². The average molecular weight is 309 g/mol. The van der Waals surface area contributed by atoms with E-state index in [1.807, 2.05) is 43.3 Å². The van der Waals surface area contributed by atoms with Crippen molar-refractivity contribution in [1.82, 2.24) is 4.98 Å². The van der Waals surface area contributed by atoms with Crippen LogP contribution in [0.5, 0.6) is 5.75 Å². The lowest BCUT2D eigenvalue weighted by Crippen LogP contribution is -2.05. The largest absolute Gasteiger partial charge is 0.489 e. The maximum absolute atomic E-state index is 11.9. The first-order chi connectivity index (χ1) is 11.2. The number of rotatable bonds is 8. The summed E-state index contributed by atoms with van der Waals surface area (Å²) in [6.07, 6.45) is 6.28. The van der Waals surface area contributed by atoms with Crippen molar-refractivity contribution < 1.29 is 9.53 Å². The van der Waals surface area contributed by atoms with Gasteiger partial charge < -0.3 is 4.74 Å². The maximum Gasteiger partial charge on any atom is 0.133 e. The number of pyridine rings is 1. The third-order valence-corrected chi connectivity index (χ3v) is 4.35. The van der Waals surface area contributed by atoms with Gasteiger partial charge in [0.1, 0.15) is 18.1 Å². The summed E-state index contributed by atoms with van der Waals surface area (Å²) in [5, 5.41) is 0. The van der Waals surface area contributed by atoms with Gasteiger partial charge in [0, 0.05) is 30.3 Å². The van der Waals surface area contributed by atoms with Crippen molar-refractivity contribution in [3.63, 3.8) is 0 Å². The molecule has 23 heavy (non-hydrogen) atoms. The van der Waals surface area contributed by atoms with E-state index in [0.29, 0.717) is 31.1 Å². The van der Waals surface area contributed by atoms with Crippen LogP contribution in [-0.4, -0.2) is 10.8 Å². The lowest BCUT2D eigenvalue weighted by Gasteiger charge is -2.12. The molecular weight excluding hydrogens is 286 g/mol. The second-order valence-electron chi connectivity index (χ2n) is 6.34. The molecular formula is C20H23NO2. The van der Waals surface area contributed by atoms with E-state index in [1.54, 1.807) is 6.20 Å². The minimum Gasteiger partial charge on any atom is -0.489 e. The Labute approximate surface area is 137 Å². The van der Waals surface area contributed by atoms with Gasteiger partial charge in [-0.25, -0.2) is 0 Å². The number of benzene rings is 1. The summed E-state index contributed by atoms with van der Waals surface area (Å²) in [5.41, 5.74) is 3.16. The number of carbonyl (C=O) groups is 1. The first kappa shape index (κ1) is 15.7. The van der Waals surface area contributed by atoms with Crippen LogP contribution in [0.2, 0.25) is 0 Å². The van der Waals surface area contributed by atoms with E-state index in [1.165, 1.54) is 12.8 Å². The summed E-state index contributed by atoms with van der Waals surface area (Å²) >= 11 is 0. The van der Waals surface area contributed by atoms with E-state index < -0.39 is 0 Å². The van der Waals surface area contributed by atoms with Crippen molar-refractivity contribution in [2.45, 2.75) is 45.6 Å². The molecule has 1 fully saturated rings. The molecule has 1 aliphatic carbocycles. The molecule has 120 valence electrons. The highest BCUT2D eigenvalue weighted by molar-refractivity contribution is 5.79. The molecule has 0 atom stereocenters. The zero-order valence-electron chi connectivity index (χ0n) is 13.6. The zero-order chi connectivity index (χ0) is 16.1. The SMILES string of the molecule is Cc1c(OCc2ccccc2)ccnc1CCC(=O)CC1CC1. The van der Waals surface area contributed by atoms with Gasteiger partial charge in [0.25, 0.3) is 0 Å². The number of aryl methyl sites for hydroxylation is 1. The van der Waals surface area contributed by atoms with Gasteiger partial charge in [-0.3, -0.25) is 9.78 Å². The number of Topliss-reactive ketones (excluding diaryl/α,β-unsaturated/α-hetero) is 1. The van der Waals surface area contributed by atoms with Gasteiger partial charge in [0.05, 0.1) is 0 Å². The van der Waals surface area contributed by atoms with Gasteiger partial charge in [-0.1, -0.05) is 30.3 Å².